The maximum absolute atomic E-state index is 12.3. The van der Waals surface area contributed by atoms with E-state index in [4.69, 9.17) is 0 Å². The van der Waals surface area contributed by atoms with E-state index in [0.717, 1.165) is 38.0 Å². The molecule has 1 saturated heterocycles. The monoisotopic (exact) mass is 322 g/mol. The number of benzene rings is 2. The van der Waals surface area contributed by atoms with Crippen molar-refractivity contribution in [2.45, 2.75) is 32.2 Å². The molecule has 1 N–H and O–H groups in total. The van der Waals surface area contributed by atoms with Crippen LogP contribution < -0.4 is 5.32 Å². The quantitative estimate of drug-likeness (QED) is 0.914. The molecule has 1 amide bonds. The van der Waals surface area contributed by atoms with E-state index in [2.05, 4.69) is 53.5 Å². The summed E-state index contributed by atoms with van der Waals surface area (Å²) in [5, 5.41) is 3.19. The van der Waals surface area contributed by atoms with Crippen LogP contribution >= 0.6 is 0 Å². The van der Waals surface area contributed by atoms with E-state index in [1.54, 1.807) is 0 Å². The smallest absolute Gasteiger partial charge is 0.224 e. The summed E-state index contributed by atoms with van der Waals surface area (Å²) in [4.78, 5) is 14.7. The Labute approximate surface area is 144 Å². The van der Waals surface area contributed by atoms with Crippen LogP contribution in [0.15, 0.2) is 54.6 Å². The highest BCUT2D eigenvalue weighted by atomic mass is 16.1. The summed E-state index contributed by atoms with van der Waals surface area (Å²) in [6.45, 7) is 5.48. The van der Waals surface area contributed by atoms with E-state index in [9.17, 15) is 4.79 Å². The van der Waals surface area contributed by atoms with Gasteiger partial charge in [0.1, 0.15) is 0 Å². The number of carbonyl (C=O) groups is 1. The van der Waals surface area contributed by atoms with Crippen molar-refractivity contribution in [3.8, 4) is 11.1 Å². The average Bonchev–Trinajstić information content (AvgIpc) is 2.64. The minimum Gasteiger partial charge on any atom is -0.353 e. The van der Waals surface area contributed by atoms with Gasteiger partial charge in [0.05, 0.1) is 6.42 Å². The van der Waals surface area contributed by atoms with E-state index in [0.29, 0.717) is 12.5 Å². The maximum atomic E-state index is 12.3. The van der Waals surface area contributed by atoms with Gasteiger partial charge in [-0.1, -0.05) is 61.5 Å². The lowest BCUT2D eigenvalue weighted by Gasteiger charge is -2.31. The second kappa shape index (κ2) is 8.11. The Morgan fingerprint density at radius 1 is 1.00 bits per heavy atom. The lowest BCUT2D eigenvalue weighted by Crippen LogP contribution is -2.44. The molecular weight excluding hydrogens is 296 g/mol. The van der Waals surface area contributed by atoms with E-state index < -0.39 is 0 Å². The topological polar surface area (TPSA) is 32.3 Å². The third-order valence-electron chi connectivity index (χ3n) is 4.83. The molecule has 1 fully saturated rings. The van der Waals surface area contributed by atoms with Gasteiger partial charge >= 0.3 is 0 Å². The standard InChI is InChI=1S/C21H26N2O/c1-2-23-14-12-20(13-15-23)22-21(24)16-17-8-10-19(11-9-17)18-6-4-3-5-7-18/h3-11,20H,2,12-16H2,1H3,(H,22,24). The van der Waals surface area contributed by atoms with Crippen molar-refractivity contribution in [3.05, 3.63) is 60.2 Å². The molecule has 0 aliphatic carbocycles. The van der Waals surface area contributed by atoms with Crippen LogP contribution in [0.4, 0.5) is 0 Å². The van der Waals surface area contributed by atoms with Gasteiger partial charge in [0.2, 0.25) is 5.91 Å². The number of rotatable bonds is 5. The molecular formula is C21H26N2O. The van der Waals surface area contributed by atoms with Gasteiger partial charge in [-0.15, -0.1) is 0 Å². The number of nitrogens with one attached hydrogen (secondary N) is 1. The number of amides is 1. The number of nitrogens with zero attached hydrogens (tertiary/aromatic N) is 1. The Morgan fingerprint density at radius 2 is 1.62 bits per heavy atom. The second-order valence-electron chi connectivity index (χ2n) is 6.52. The molecule has 0 radical (unpaired) electrons. The highest BCUT2D eigenvalue weighted by molar-refractivity contribution is 5.79. The van der Waals surface area contributed by atoms with Crippen LogP contribution in [0.1, 0.15) is 25.3 Å². The first-order chi connectivity index (χ1) is 11.7. The molecule has 2 aromatic carbocycles. The fourth-order valence-corrected chi connectivity index (χ4v) is 3.30. The first kappa shape index (κ1) is 16.7. The highest BCUT2D eigenvalue weighted by Crippen LogP contribution is 2.19. The van der Waals surface area contributed by atoms with Crippen LogP contribution in [-0.4, -0.2) is 36.5 Å². The number of hydrogen-bond donors (Lipinski definition) is 1. The Bertz CT molecular complexity index is 643. The maximum Gasteiger partial charge on any atom is 0.224 e. The van der Waals surface area contributed by atoms with E-state index >= 15 is 0 Å². The predicted molar refractivity (Wildman–Crippen MR) is 98.9 cm³/mol. The van der Waals surface area contributed by atoms with Gasteiger partial charge in [0.25, 0.3) is 0 Å². The molecule has 1 aliphatic heterocycles. The van der Waals surface area contributed by atoms with Gasteiger partial charge in [-0.05, 0) is 36.1 Å². The average molecular weight is 322 g/mol. The summed E-state index contributed by atoms with van der Waals surface area (Å²) in [5.74, 6) is 0.136. The fraction of sp³-hybridized carbons (Fsp3) is 0.381. The molecule has 24 heavy (non-hydrogen) atoms. The molecule has 3 heteroatoms. The SMILES string of the molecule is CCN1CCC(NC(=O)Cc2ccc(-c3ccccc3)cc2)CC1. The van der Waals surface area contributed by atoms with Gasteiger partial charge in [0.15, 0.2) is 0 Å². The summed E-state index contributed by atoms with van der Waals surface area (Å²) in [5.41, 5.74) is 3.46. The molecule has 126 valence electrons. The first-order valence-electron chi connectivity index (χ1n) is 8.90. The van der Waals surface area contributed by atoms with Crippen LogP contribution in [0, 0.1) is 0 Å². The van der Waals surface area contributed by atoms with Crippen LogP contribution in [0.2, 0.25) is 0 Å². The molecule has 3 rings (SSSR count). The van der Waals surface area contributed by atoms with Crippen molar-refractivity contribution in [1.29, 1.82) is 0 Å². The number of carbonyl (C=O) groups excluding carboxylic acids is 1. The van der Waals surface area contributed by atoms with Crippen LogP contribution in [0.25, 0.3) is 11.1 Å². The Hall–Kier alpha value is -2.13. The third-order valence-corrected chi connectivity index (χ3v) is 4.83. The minimum absolute atomic E-state index is 0.136. The molecule has 0 unspecified atom stereocenters. The third kappa shape index (κ3) is 4.45. The normalized spacial score (nSPS) is 16.0. The summed E-state index contributed by atoms with van der Waals surface area (Å²) in [6, 6.07) is 18.9. The van der Waals surface area contributed by atoms with Gasteiger partial charge in [0, 0.05) is 19.1 Å². The van der Waals surface area contributed by atoms with Crippen molar-refractivity contribution in [2.75, 3.05) is 19.6 Å². The molecule has 0 spiro atoms. The Balaban J connectivity index is 1.52. The summed E-state index contributed by atoms with van der Waals surface area (Å²) in [7, 11) is 0. The van der Waals surface area contributed by atoms with Crippen molar-refractivity contribution < 1.29 is 4.79 Å². The van der Waals surface area contributed by atoms with Crippen molar-refractivity contribution in [2.24, 2.45) is 0 Å². The molecule has 2 aromatic rings. The largest absolute Gasteiger partial charge is 0.353 e. The zero-order valence-corrected chi connectivity index (χ0v) is 14.4. The molecule has 1 heterocycles. The Kier molecular flexibility index (Phi) is 5.65. The number of hydrogen-bond acceptors (Lipinski definition) is 2. The summed E-state index contributed by atoms with van der Waals surface area (Å²) in [6.07, 6.45) is 2.59. The summed E-state index contributed by atoms with van der Waals surface area (Å²) < 4.78 is 0. The first-order valence-corrected chi connectivity index (χ1v) is 8.90. The van der Waals surface area contributed by atoms with Gasteiger partial charge in [-0.25, -0.2) is 0 Å². The van der Waals surface area contributed by atoms with Gasteiger partial charge in [-0.3, -0.25) is 4.79 Å². The zero-order valence-electron chi connectivity index (χ0n) is 14.4. The fourth-order valence-electron chi connectivity index (χ4n) is 3.30. The van der Waals surface area contributed by atoms with E-state index in [1.807, 2.05) is 18.2 Å². The predicted octanol–water partition coefficient (Wildman–Crippen LogP) is 3.50. The lowest BCUT2D eigenvalue weighted by molar-refractivity contribution is -0.121. The van der Waals surface area contributed by atoms with Crippen LogP contribution in [-0.2, 0) is 11.2 Å². The van der Waals surface area contributed by atoms with Gasteiger partial charge in [-0.2, -0.15) is 0 Å². The molecule has 0 bridgehead atoms. The molecule has 1 aliphatic rings. The molecule has 0 atom stereocenters. The van der Waals surface area contributed by atoms with Crippen molar-refractivity contribution >= 4 is 5.91 Å². The van der Waals surface area contributed by atoms with Gasteiger partial charge < -0.3 is 10.2 Å². The molecule has 3 nitrogen and oxygen atoms in total. The van der Waals surface area contributed by atoms with E-state index in [1.165, 1.54) is 11.1 Å². The lowest BCUT2D eigenvalue weighted by atomic mass is 10.0. The number of likely N-dealkylation sites (tertiary alicyclic amines) is 1. The van der Waals surface area contributed by atoms with E-state index in [-0.39, 0.29) is 5.91 Å². The van der Waals surface area contributed by atoms with Crippen LogP contribution in [0.5, 0.6) is 0 Å². The second-order valence-corrected chi connectivity index (χ2v) is 6.52. The Morgan fingerprint density at radius 3 is 2.25 bits per heavy atom. The molecule has 0 aromatic heterocycles. The highest BCUT2D eigenvalue weighted by Gasteiger charge is 2.19. The summed E-state index contributed by atoms with van der Waals surface area (Å²) >= 11 is 0. The van der Waals surface area contributed by atoms with Crippen molar-refractivity contribution in [1.82, 2.24) is 10.2 Å². The van der Waals surface area contributed by atoms with Crippen LogP contribution in [0.3, 0.4) is 0 Å². The zero-order chi connectivity index (χ0) is 16.8. The number of piperidine rings is 1. The molecule has 0 saturated carbocycles. The van der Waals surface area contributed by atoms with Crippen molar-refractivity contribution in [3.63, 3.8) is 0 Å². The minimum atomic E-state index is 0.136.